The zero-order valence-corrected chi connectivity index (χ0v) is 22.7. The molecule has 1 N–H and O–H groups in total. The maximum absolute atomic E-state index is 13.1. The molecule has 1 aromatic heterocycles. The summed E-state index contributed by atoms with van der Waals surface area (Å²) >= 11 is 1.37. The average Bonchev–Trinajstić information content (AvgIpc) is 3.53. The van der Waals surface area contributed by atoms with Crippen LogP contribution in [0.4, 0.5) is 0 Å². The highest BCUT2D eigenvalue weighted by molar-refractivity contribution is 8.17. The van der Waals surface area contributed by atoms with Crippen molar-refractivity contribution in [1.29, 1.82) is 5.41 Å². The van der Waals surface area contributed by atoms with Gasteiger partial charge in [0, 0.05) is 28.1 Å². The molecular formula is C32H28N4O2S. The number of aliphatic imine (C=N–C) groups is 1. The third kappa shape index (κ3) is 4.81. The lowest BCUT2D eigenvalue weighted by atomic mass is 10.1. The Balaban J connectivity index is 1.29. The Hall–Kier alpha value is -4.36. The van der Waals surface area contributed by atoms with E-state index in [0.29, 0.717) is 18.3 Å². The van der Waals surface area contributed by atoms with E-state index in [1.807, 2.05) is 60.1 Å². The van der Waals surface area contributed by atoms with Crippen molar-refractivity contribution in [3.8, 4) is 5.75 Å². The van der Waals surface area contributed by atoms with Gasteiger partial charge in [-0.2, -0.15) is 4.99 Å². The van der Waals surface area contributed by atoms with Crippen molar-refractivity contribution in [3.63, 3.8) is 0 Å². The van der Waals surface area contributed by atoms with E-state index >= 15 is 0 Å². The van der Waals surface area contributed by atoms with Gasteiger partial charge in [0.1, 0.15) is 18.2 Å². The number of hydrogen-bond acceptors (Lipinski definition) is 4. The first-order valence-corrected chi connectivity index (χ1v) is 13.9. The number of amidine groups is 2. The minimum absolute atomic E-state index is 0.136. The Morgan fingerprint density at radius 2 is 1.85 bits per heavy atom. The lowest BCUT2D eigenvalue weighted by molar-refractivity contribution is -0.114. The van der Waals surface area contributed by atoms with Crippen LogP contribution in [0.3, 0.4) is 0 Å². The molecule has 6 rings (SSSR count). The Labute approximate surface area is 231 Å². The number of thioether (sulfide) groups is 1. The number of benzene rings is 3. The molecule has 0 radical (unpaired) electrons. The van der Waals surface area contributed by atoms with Gasteiger partial charge in [0.15, 0.2) is 5.17 Å². The molecule has 0 bridgehead atoms. The molecule has 3 aromatic carbocycles. The first kappa shape index (κ1) is 24.9. The summed E-state index contributed by atoms with van der Waals surface area (Å²) in [4.78, 5) is 19.1. The van der Waals surface area contributed by atoms with E-state index in [9.17, 15) is 4.79 Å². The Morgan fingerprint density at radius 3 is 2.67 bits per heavy atom. The monoisotopic (exact) mass is 532 g/mol. The van der Waals surface area contributed by atoms with Gasteiger partial charge in [0.05, 0.1) is 17.8 Å². The van der Waals surface area contributed by atoms with E-state index in [0.717, 1.165) is 39.9 Å². The maximum Gasteiger partial charge on any atom is 0.283 e. The molecule has 6 nitrogen and oxygen atoms in total. The molecule has 1 amide bonds. The number of aryl methyl sites for hydroxylation is 2. The van der Waals surface area contributed by atoms with Crippen LogP contribution in [0.2, 0.25) is 0 Å². The van der Waals surface area contributed by atoms with E-state index in [4.69, 9.17) is 10.1 Å². The summed E-state index contributed by atoms with van der Waals surface area (Å²) in [5, 5.41) is 12.5. The molecule has 4 aromatic rings. The van der Waals surface area contributed by atoms with Crippen LogP contribution in [0.5, 0.6) is 5.75 Å². The fraction of sp³-hybridized carbons (Fsp3) is 0.156. The number of nitrogens with one attached hydrogen (secondary N) is 1. The molecule has 7 heteroatoms. The SMILES string of the molecule is CCc1cc(C)cc(OCCn2cc(/C=C3/C(=N)N4C(c5ccccc5)=CSC4=NC3=O)c3ccccc32)c1. The van der Waals surface area contributed by atoms with Gasteiger partial charge in [0.25, 0.3) is 5.91 Å². The summed E-state index contributed by atoms with van der Waals surface area (Å²) in [6, 6.07) is 24.3. The van der Waals surface area contributed by atoms with Gasteiger partial charge in [-0.1, -0.05) is 73.3 Å². The van der Waals surface area contributed by atoms with Gasteiger partial charge in [-0.25, -0.2) is 0 Å². The lowest BCUT2D eigenvalue weighted by Gasteiger charge is -2.26. The molecular weight excluding hydrogens is 504 g/mol. The van der Waals surface area contributed by atoms with Crippen LogP contribution in [-0.4, -0.2) is 33.0 Å². The molecule has 0 atom stereocenters. The predicted octanol–water partition coefficient (Wildman–Crippen LogP) is 6.90. The maximum atomic E-state index is 13.1. The number of amides is 1. The molecule has 2 aliphatic rings. The average molecular weight is 533 g/mol. The molecule has 0 saturated heterocycles. The van der Waals surface area contributed by atoms with Gasteiger partial charge in [0.2, 0.25) is 0 Å². The van der Waals surface area contributed by atoms with E-state index < -0.39 is 5.91 Å². The van der Waals surface area contributed by atoms with Crippen LogP contribution in [0, 0.1) is 12.3 Å². The molecule has 0 saturated carbocycles. The number of para-hydroxylation sites is 1. The quantitative estimate of drug-likeness (QED) is 0.263. The van der Waals surface area contributed by atoms with Crippen LogP contribution in [0.25, 0.3) is 22.7 Å². The van der Waals surface area contributed by atoms with Gasteiger partial charge in [-0.15, -0.1) is 0 Å². The second-order valence-electron chi connectivity index (χ2n) is 9.58. The van der Waals surface area contributed by atoms with Crippen LogP contribution >= 0.6 is 11.8 Å². The van der Waals surface area contributed by atoms with Crippen molar-refractivity contribution in [3.05, 3.63) is 112 Å². The summed E-state index contributed by atoms with van der Waals surface area (Å²) in [7, 11) is 0. The minimum atomic E-state index is -0.396. The number of ether oxygens (including phenoxy) is 1. The Kier molecular flexibility index (Phi) is 6.67. The largest absolute Gasteiger partial charge is 0.492 e. The third-order valence-electron chi connectivity index (χ3n) is 6.92. The summed E-state index contributed by atoms with van der Waals surface area (Å²) in [5.74, 6) is 0.621. The van der Waals surface area contributed by atoms with Crippen molar-refractivity contribution in [2.45, 2.75) is 26.8 Å². The van der Waals surface area contributed by atoms with E-state index in [1.54, 1.807) is 11.0 Å². The zero-order chi connectivity index (χ0) is 26.9. The summed E-state index contributed by atoms with van der Waals surface area (Å²) < 4.78 is 8.26. The molecule has 0 fully saturated rings. The van der Waals surface area contributed by atoms with E-state index in [2.05, 4.69) is 47.7 Å². The summed E-state index contributed by atoms with van der Waals surface area (Å²) in [6.07, 6.45) is 4.79. The highest BCUT2D eigenvalue weighted by atomic mass is 32.2. The highest BCUT2D eigenvalue weighted by Crippen LogP contribution is 2.37. The minimum Gasteiger partial charge on any atom is -0.492 e. The first-order chi connectivity index (χ1) is 19.0. The highest BCUT2D eigenvalue weighted by Gasteiger charge is 2.36. The number of aromatic nitrogens is 1. The number of carbonyl (C=O) groups is 1. The van der Waals surface area contributed by atoms with Gasteiger partial charge in [-0.3, -0.25) is 15.1 Å². The Bertz CT molecular complexity index is 1700. The molecule has 0 aliphatic carbocycles. The predicted molar refractivity (Wildman–Crippen MR) is 160 cm³/mol. The molecule has 39 heavy (non-hydrogen) atoms. The van der Waals surface area contributed by atoms with Crippen LogP contribution in [0.1, 0.15) is 29.2 Å². The molecule has 2 aliphatic heterocycles. The Morgan fingerprint density at radius 1 is 1.05 bits per heavy atom. The van der Waals surface area contributed by atoms with Crippen LogP contribution < -0.4 is 4.74 Å². The standard InChI is InChI=1S/C32H28N4O2S/c1-3-22-15-21(2)16-25(17-22)38-14-13-35-19-24(26-11-7-8-12-28(26)35)18-27-30(33)36-29(23-9-5-4-6-10-23)20-39-32(36)34-31(27)37/h4-12,15-20,33H,3,13-14H2,1-2H3/b27-18-,33-30?. The fourth-order valence-electron chi connectivity index (χ4n) is 5.02. The third-order valence-corrected chi connectivity index (χ3v) is 7.75. The van der Waals surface area contributed by atoms with Gasteiger partial charge in [-0.05, 0) is 54.3 Å². The van der Waals surface area contributed by atoms with Crippen LogP contribution in [-0.2, 0) is 17.8 Å². The summed E-state index contributed by atoms with van der Waals surface area (Å²) in [6.45, 7) is 5.39. The first-order valence-electron chi connectivity index (χ1n) is 13.0. The van der Waals surface area contributed by atoms with Crippen molar-refractivity contribution in [2.24, 2.45) is 4.99 Å². The second-order valence-corrected chi connectivity index (χ2v) is 10.4. The number of carbonyl (C=O) groups excluding carboxylic acids is 1. The number of fused-ring (bicyclic) bond motifs is 2. The number of hydrogen-bond donors (Lipinski definition) is 1. The van der Waals surface area contributed by atoms with Crippen molar-refractivity contribution < 1.29 is 9.53 Å². The normalized spacial score (nSPS) is 16.1. The van der Waals surface area contributed by atoms with Crippen molar-refractivity contribution >= 4 is 51.3 Å². The lowest BCUT2D eigenvalue weighted by Crippen LogP contribution is -2.38. The van der Waals surface area contributed by atoms with E-state index in [-0.39, 0.29) is 11.4 Å². The topological polar surface area (TPSA) is 70.7 Å². The van der Waals surface area contributed by atoms with E-state index in [1.165, 1.54) is 22.9 Å². The number of nitrogens with zero attached hydrogens (tertiary/aromatic N) is 3. The van der Waals surface area contributed by atoms with Crippen molar-refractivity contribution in [1.82, 2.24) is 9.47 Å². The summed E-state index contributed by atoms with van der Waals surface area (Å²) in [5.41, 5.74) is 6.48. The number of rotatable bonds is 7. The smallest absolute Gasteiger partial charge is 0.283 e. The van der Waals surface area contributed by atoms with Crippen molar-refractivity contribution in [2.75, 3.05) is 6.61 Å². The second kappa shape index (κ2) is 10.4. The zero-order valence-electron chi connectivity index (χ0n) is 21.8. The fourth-order valence-corrected chi connectivity index (χ4v) is 5.91. The van der Waals surface area contributed by atoms with Gasteiger partial charge >= 0.3 is 0 Å². The van der Waals surface area contributed by atoms with Crippen LogP contribution in [0.15, 0.2) is 95.0 Å². The molecule has 194 valence electrons. The molecule has 0 spiro atoms. The molecule has 3 heterocycles. The van der Waals surface area contributed by atoms with Gasteiger partial charge < -0.3 is 9.30 Å². The molecule has 0 unspecified atom stereocenters.